The summed E-state index contributed by atoms with van der Waals surface area (Å²) in [6, 6.07) is 8.82. The van der Waals surface area contributed by atoms with Crippen LogP contribution < -0.4 is 0 Å². The van der Waals surface area contributed by atoms with Gasteiger partial charge in [0.25, 0.3) is 0 Å². The first-order valence-electron chi connectivity index (χ1n) is 11.8. The molecule has 0 heterocycles. The number of rotatable bonds is 20. The van der Waals surface area contributed by atoms with Crippen LogP contribution in [0.2, 0.25) is 0 Å². The topological polar surface area (TPSA) is 57.2 Å². The van der Waals surface area contributed by atoms with Crippen LogP contribution in [0.5, 0.6) is 0 Å². The lowest BCUT2D eigenvalue weighted by molar-refractivity contribution is -0.0583. The highest BCUT2D eigenvalue weighted by Gasteiger charge is 2.14. The number of unbranched alkanes of at least 4 members (excludes halogenated alkanes) is 5. The van der Waals surface area contributed by atoms with E-state index in [1.54, 1.807) is 0 Å². The summed E-state index contributed by atoms with van der Waals surface area (Å²) in [6.45, 7) is 9.31. The highest BCUT2D eigenvalue weighted by Crippen LogP contribution is 2.21. The molecule has 0 fully saturated rings. The lowest BCUT2D eigenvalue weighted by atomic mass is 10.0. The van der Waals surface area contributed by atoms with Gasteiger partial charge in [-0.2, -0.15) is 0 Å². The summed E-state index contributed by atoms with van der Waals surface area (Å²) in [5.74, 6) is 0. The maximum absolute atomic E-state index is 8.64. The Balaban J connectivity index is 2.30. The fraction of sp³-hybridized carbons (Fsp3) is 0.760. The zero-order chi connectivity index (χ0) is 21.9. The third kappa shape index (κ3) is 14.1. The second-order valence-corrected chi connectivity index (χ2v) is 7.96. The van der Waals surface area contributed by atoms with E-state index in [2.05, 4.69) is 45.0 Å². The van der Waals surface area contributed by atoms with Gasteiger partial charge in [0.15, 0.2) is 0 Å². The van der Waals surface area contributed by atoms with E-state index >= 15 is 0 Å². The molecule has 0 bridgehead atoms. The summed E-state index contributed by atoms with van der Waals surface area (Å²) in [5.41, 5.74) is 2.56. The number of aryl methyl sites for hydroxylation is 1. The first-order valence-corrected chi connectivity index (χ1v) is 11.8. The number of aliphatic hydroxyl groups excluding tert-OH is 1. The first-order chi connectivity index (χ1) is 14.7. The predicted molar refractivity (Wildman–Crippen MR) is 122 cm³/mol. The van der Waals surface area contributed by atoms with Crippen molar-refractivity contribution in [3.8, 4) is 0 Å². The Hall–Kier alpha value is -0.980. The molecule has 0 saturated heterocycles. The maximum Gasteiger partial charge on any atom is 0.106 e. The van der Waals surface area contributed by atoms with Crippen LogP contribution in [0.15, 0.2) is 24.3 Å². The van der Waals surface area contributed by atoms with Crippen molar-refractivity contribution in [2.24, 2.45) is 0 Å². The molecule has 1 unspecified atom stereocenters. The third-order valence-electron chi connectivity index (χ3n) is 4.86. The molecule has 0 aliphatic rings. The standard InChI is InChI=1S/C25H44O5/c1-4-5-6-7-8-9-10-23-11-13-24(14-12-23)25(30-22(2)3)21-29-20-19-28-18-17-27-16-15-26/h11-14,22,25-26H,4-10,15-21H2,1-3H3. The summed E-state index contributed by atoms with van der Waals surface area (Å²) in [7, 11) is 0. The summed E-state index contributed by atoms with van der Waals surface area (Å²) >= 11 is 0. The van der Waals surface area contributed by atoms with Crippen LogP contribution in [0.3, 0.4) is 0 Å². The summed E-state index contributed by atoms with van der Waals surface area (Å²) < 4.78 is 22.5. The summed E-state index contributed by atoms with van der Waals surface area (Å²) in [6.07, 6.45) is 9.20. The smallest absolute Gasteiger partial charge is 0.106 e. The Morgan fingerprint density at radius 1 is 0.767 bits per heavy atom. The molecule has 0 spiro atoms. The molecule has 0 aliphatic heterocycles. The van der Waals surface area contributed by atoms with E-state index in [9.17, 15) is 0 Å². The maximum atomic E-state index is 8.64. The monoisotopic (exact) mass is 424 g/mol. The number of benzene rings is 1. The Kier molecular flexibility index (Phi) is 16.9. The van der Waals surface area contributed by atoms with Gasteiger partial charge >= 0.3 is 0 Å². The molecule has 0 aliphatic carbocycles. The lowest BCUT2D eigenvalue weighted by Gasteiger charge is -2.21. The fourth-order valence-corrected chi connectivity index (χ4v) is 3.25. The van der Waals surface area contributed by atoms with Crippen LogP contribution >= 0.6 is 0 Å². The zero-order valence-electron chi connectivity index (χ0n) is 19.4. The average Bonchev–Trinajstić information content (AvgIpc) is 2.74. The molecule has 1 N–H and O–H groups in total. The van der Waals surface area contributed by atoms with Gasteiger partial charge in [0.1, 0.15) is 6.10 Å². The molecular weight excluding hydrogens is 380 g/mol. The summed E-state index contributed by atoms with van der Waals surface area (Å²) in [5, 5.41) is 8.64. The highest BCUT2D eigenvalue weighted by atomic mass is 16.6. The van der Waals surface area contributed by atoms with E-state index in [-0.39, 0.29) is 18.8 Å². The van der Waals surface area contributed by atoms with Gasteiger partial charge in [-0.3, -0.25) is 0 Å². The molecule has 5 heteroatoms. The normalized spacial score (nSPS) is 12.6. The van der Waals surface area contributed by atoms with E-state index in [1.165, 1.54) is 44.1 Å². The van der Waals surface area contributed by atoms with Gasteiger partial charge in [0, 0.05) is 0 Å². The third-order valence-corrected chi connectivity index (χ3v) is 4.86. The van der Waals surface area contributed by atoms with E-state index in [1.807, 2.05) is 0 Å². The Bertz CT molecular complexity index is 489. The van der Waals surface area contributed by atoms with Crippen molar-refractivity contribution in [1.82, 2.24) is 0 Å². The van der Waals surface area contributed by atoms with Crippen LogP contribution in [0.1, 0.15) is 76.5 Å². The molecule has 1 rings (SSSR count). The lowest BCUT2D eigenvalue weighted by Crippen LogP contribution is -2.18. The van der Waals surface area contributed by atoms with Crippen molar-refractivity contribution in [1.29, 1.82) is 0 Å². The van der Waals surface area contributed by atoms with E-state index < -0.39 is 0 Å². The second-order valence-electron chi connectivity index (χ2n) is 7.96. The van der Waals surface area contributed by atoms with E-state index in [0.717, 1.165) is 12.0 Å². The van der Waals surface area contributed by atoms with Gasteiger partial charge in [-0.15, -0.1) is 0 Å². The van der Waals surface area contributed by atoms with Crippen molar-refractivity contribution in [3.05, 3.63) is 35.4 Å². The Labute approximate surface area is 184 Å². The van der Waals surface area contributed by atoms with Crippen molar-refractivity contribution in [2.75, 3.05) is 46.2 Å². The molecule has 0 saturated carbocycles. The molecule has 0 radical (unpaired) electrons. The molecule has 30 heavy (non-hydrogen) atoms. The van der Waals surface area contributed by atoms with Crippen molar-refractivity contribution >= 4 is 0 Å². The minimum atomic E-state index is -0.0685. The second kappa shape index (κ2) is 18.8. The largest absolute Gasteiger partial charge is 0.394 e. The summed E-state index contributed by atoms with van der Waals surface area (Å²) in [4.78, 5) is 0. The number of ether oxygens (including phenoxy) is 4. The molecule has 1 atom stereocenters. The van der Waals surface area contributed by atoms with Crippen molar-refractivity contribution < 1.29 is 24.1 Å². The SMILES string of the molecule is CCCCCCCCc1ccc(C(COCCOCCOCCO)OC(C)C)cc1. The molecule has 174 valence electrons. The van der Waals surface area contributed by atoms with Gasteiger partial charge in [-0.25, -0.2) is 0 Å². The first kappa shape index (κ1) is 27.1. The molecule has 5 nitrogen and oxygen atoms in total. The number of aliphatic hydroxyl groups is 1. The highest BCUT2D eigenvalue weighted by molar-refractivity contribution is 5.24. The van der Waals surface area contributed by atoms with Crippen molar-refractivity contribution in [2.45, 2.75) is 77.9 Å². The van der Waals surface area contributed by atoms with Crippen LogP contribution in [0.25, 0.3) is 0 Å². The van der Waals surface area contributed by atoms with Gasteiger partial charge < -0.3 is 24.1 Å². The van der Waals surface area contributed by atoms with Gasteiger partial charge in [0.2, 0.25) is 0 Å². The van der Waals surface area contributed by atoms with Gasteiger partial charge in [-0.1, -0.05) is 63.3 Å². The van der Waals surface area contributed by atoms with E-state index in [4.69, 9.17) is 24.1 Å². The molecular formula is C25H44O5. The minimum Gasteiger partial charge on any atom is -0.394 e. The Morgan fingerprint density at radius 2 is 1.37 bits per heavy atom. The molecule has 1 aromatic rings. The van der Waals surface area contributed by atoms with Crippen molar-refractivity contribution in [3.63, 3.8) is 0 Å². The van der Waals surface area contributed by atoms with Crippen LogP contribution in [0, 0.1) is 0 Å². The predicted octanol–water partition coefficient (Wildman–Crippen LogP) is 5.10. The average molecular weight is 425 g/mol. The molecule has 0 amide bonds. The zero-order valence-corrected chi connectivity index (χ0v) is 19.4. The van der Waals surface area contributed by atoms with Crippen LogP contribution in [-0.4, -0.2) is 57.5 Å². The van der Waals surface area contributed by atoms with Gasteiger partial charge in [-0.05, 0) is 37.8 Å². The minimum absolute atomic E-state index is 0.0420. The Morgan fingerprint density at radius 3 is 2.00 bits per heavy atom. The molecule has 0 aromatic heterocycles. The quantitative estimate of drug-likeness (QED) is 0.295. The number of hydrogen-bond acceptors (Lipinski definition) is 5. The fourth-order valence-electron chi connectivity index (χ4n) is 3.25. The van der Waals surface area contributed by atoms with Gasteiger partial charge in [0.05, 0.1) is 52.4 Å². The van der Waals surface area contributed by atoms with Crippen LogP contribution in [0.4, 0.5) is 0 Å². The van der Waals surface area contributed by atoms with Crippen LogP contribution in [-0.2, 0) is 25.4 Å². The number of hydrogen-bond donors (Lipinski definition) is 1. The molecule has 1 aromatic carbocycles. The van der Waals surface area contributed by atoms with E-state index in [0.29, 0.717) is 39.6 Å².